The molecule has 1 N–H and O–H groups in total. The molecule has 1 amide bonds. The molecule has 0 bridgehead atoms. The van der Waals surface area contributed by atoms with Crippen LogP contribution in [0.3, 0.4) is 0 Å². The van der Waals surface area contributed by atoms with Gasteiger partial charge in [-0.1, -0.05) is 55.4 Å². The summed E-state index contributed by atoms with van der Waals surface area (Å²) in [5.74, 6) is 0.864. The Bertz CT molecular complexity index is 912. The minimum atomic E-state index is -0.109. The molecule has 0 radical (unpaired) electrons. The molecule has 5 nitrogen and oxygen atoms in total. The van der Waals surface area contributed by atoms with Crippen LogP contribution in [0.15, 0.2) is 58.2 Å². The van der Waals surface area contributed by atoms with E-state index >= 15 is 0 Å². The molecule has 3 rings (SSSR count). The average molecular weight is 402 g/mol. The zero-order chi connectivity index (χ0) is 19.2. The van der Waals surface area contributed by atoms with Crippen LogP contribution in [0.4, 0.5) is 5.69 Å². The molecule has 140 valence electrons. The summed E-state index contributed by atoms with van der Waals surface area (Å²) in [4.78, 5) is 12.3. The highest BCUT2D eigenvalue weighted by Gasteiger charge is 2.14. The zero-order valence-electron chi connectivity index (χ0n) is 15.1. The standard InChI is InChI=1S/C20H20ClN3O2S/c1-3-13(2)16-6-4-5-7-17(16)22-18(25)12-27-20-24-23-19(26-20)14-8-10-15(21)11-9-14/h4-11,13H,3,12H2,1-2H3,(H,22,25)/t13-/m1/s1. The second kappa shape index (κ2) is 9.06. The van der Waals surface area contributed by atoms with E-state index in [9.17, 15) is 4.79 Å². The quantitative estimate of drug-likeness (QED) is 0.519. The smallest absolute Gasteiger partial charge is 0.277 e. The first-order valence-corrected chi connectivity index (χ1v) is 10.0. The fourth-order valence-corrected chi connectivity index (χ4v) is 3.24. The zero-order valence-corrected chi connectivity index (χ0v) is 16.7. The minimum absolute atomic E-state index is 0.109. The third kappa shape index (κ3) is 5.11. The van der Waals surface area contributed by atoms with Crippen LogP contribution in [-0.4, -0.2) is 21.9 Å². The van der Waals surface area contributed by atoms with Crippen molar-refractivity contribution >= 4 is 35.0 Å². The topological polar surface area (TPSA) is 68.0 Å². The van der Waals surface area contributed by atoms with E-state index in [0.717, 1.165) is 23.2 Å². The monoisotopic (exact) mass is 401 g/mol. The molecule has 0 saturated heterocycles. The van der Waals surface area contributed by atoms with E-state index in [1.165, 1.54) is 11.8 Å². The van der Waals surface area contributed by atoms with E-state index in [1.54, 1.807) is 12.1 Å². The van der Waals surface area contributed by atoms with Gasteiger partial charge in [-0.2, -0.15) is 0 Å². The van der Waals surface area contributed by atoms with Gasteiger partial charge in [0, 0.05) is 16.3 Å². The van der Waals surface area contributed by atoms with Gasteiger partial charge in [-0.05, 0) is 48.2 Å². The molecule has 7 heteroatoms. The molecule has 1 heterocycles. The molecule has 1 aromatic heterocycles. The highest BCUT2D eigenvalue weighted by molar-refractivity contribution is 7.99. The van der Waals surface area contributed by atoms with Gasteiger partial charge in [0.05, 0.1) is 5.75 Å². The van der Waals surface area contributed by atoms with Crippen molar-refractivity contribution in [2.45, 2.75) is 31.4 Å². The number of halogens is 1. The van der Waals surface area contributed by atoms with Crippen molar-refractivity contribution in [2.24, 2.45) is 0 Å². The second-order valence-electron chi connectivity index (χ2n) is 6.11. The molecular formula is C20H20ClN3O2S. The number of benzene rings is 2. The SMILES string of the molecule is CC[C@@H](C)c1ccccc1NC(=O)CSc1nnc(-c2ccc(Cl)cc2)o1. The summed E-state index contributed by atoms with van der Waals surface area (Å²) in [6, 6.07) is 15.0. The van der Waals surface area contributed by atoms with Crippen molar-refractivity contribution in [2.75, 3.05) is 11.1 Å². The number of rotatable bonds is 7. The molecular weight excluding hydrogens is 382 g/mol. The Morgan fingerprint density at radius 3 is 2.67 bits per heavy atom. The van der Waals surface area contributed by atoms with Gasteiger partial charge in [-0.3, -0.25) is 4.79 Å². The van der Waals surface area contributed by atoms with E-state index in [2.05, 4.69) is 29.4 Å². The van der Waals surface area contributed by atoms with Crippen LogP contribution < -0.4 is 5.32 Å². The van der Waals surface area contributed by atoms with E-state index in [-0.39, 0.29) is 11.7 Å². The normalized spacial score (nSPS) is 12.0. The summed E-state index contributed by atoms with van der Waals surface area (Å²) >= 11 is 7.09. The van der Waals surface area contributed by atoms with E-state index in [4.69, 9.17) is 16.0 Å². The molecule has 0 unspecified atom stereocenters. The van der Waals surface area contributed by atoms with Crippen molar-refractivity contribution in [3.8, 4) is 11.5 Å². The van der Waals surface area contributed by atoms with Gasteiger partial charge in [0.25, 0.3) is 5.22 Å². The first-order valence-electron chi connectivity index (χ1n) is 8.68. The van der Waals surface area contributed by atoms with Crippen LogP contribution in [0.25, 0.3) is 11.5 Å². The number of aromatic nitrogens is 2. The first-order chi connectivity index (χ1) is 13.1. The summed E-state index contributed by atoms with van der Waals surface area (Å²) in [5, 5.41) is 12.0. The number of anilines is 1. The molecule has 0 aliphatic carbocycles. The highest BCUT2D eigenvalue weighted by atomic mass is 35.5. The maximum Gasteiger partial charge on any atom is 0.277 e. The maximum atomic E-state index is 12.3. The lowest BCUT2D eigenvalue weighted by Crippen LogP contribution is -2.15. The highest BCUT2D eigenvalue weighted by Crippen LogP contribution is 2.27. The maximum absolute atomic E-state index is 12.3. The number of nitrogens with one attached hydrogen (secondary N) is 1. The van der Waals surface area contributed by atoms with E-state index in [1.807, 2.05) is 36.4 Å². The van der Waals surface area contributed by atoms with Crippen molar-refractivity contribution in [1.29, 1.82) is 0 Å². The number of para-hydroxylation sites is 1. The van der Waals surface area contributed by atoms with Gasteiger partial charge >= 0.3 is 0 Å². The Morgan fingerprint density at radius 2 is 1.93 bits per heavy atom. The number of thioether (sulfide) groups is 1. The molecule has 2 aromatic carbocycles. The predicted molar refractivity (Wildman–Crippen MR) is 109 cm³/mol. The van der Waals surface area contributed by atoms with E-state index < -0.39 is 0 Å². The van der Waals surface area contributed by atoms with Crippen molar-refractivity contribution < 1.29 is 9.21 Å². The molecule has 0 aliphatic heterocycles. The molecule has 1 atom stereocenters. The molecule has 27 heavy (non-hydrogen) atoms. The van der Waals surface area contributed by atoms with Gasteiger partial charge in [-0.25, -0.2) is 0 Å². The number of carbonyl (C=O) groups is 1. The van der Waals surface area contributed by atoms with Gasteiger partial charge in [0.15, 0.2) is 0 Å². The summed E-state index contributed by atoms with van der Waals surface area (Å²) in [6.07, 6.45) is 1.01. The molecule has 0 aliphatic rings. The number of hydrogen-bond donors (Lipinski definition) is 1. The Balaban J connectivity index is 1.60. The van der Waals surface area contributed by atoms with Crippen LogP contribution in [-0.2, 0) is 4.79 Å². The summed E-state index contributed by atoms with van der Waals surface area (Å²) in [5.41, 5.74) is 2.77. The minimum Gasteiger partial charge on any atom is -0.411 e. The van der Waals surface area contributed by atoms with Crippen LogP contribution in [0, 0.1) is 0 Å². The van der Waals surface area contributed by atoms with E-state index in [0.29, 0.717) is 22.1 Å². The molecule has 0 saturated carbocycles. The summed E-state index contributed by atoms with van der Waals surface area (Å²) in [6.45, 7) is 4.28. The Morgan fingerprint density at radius 1 is 1.19 bits per heavy atom. The Labute approximate surface area is 167 Å². The largest absolute Gasteiger partial charge is 0.411 e. The van der Waals surface area contributed by atoms with Crippen LogP contribution in [0.5, 0.6) is 0 Å². The van der Waals surface area contributed by atoms with Gasteiger partial charge in [-0.15, -0.1) is 10.2 Å². The number of nitrogens with zero attached hydrogens (tertiary/aromatic N) is 2. The summed E-state index contributed by atoms with van der Waals surface area (Å²) < 4.78 is 5.61. The molecule has 0 spiro atoms. The third-order valence-corrected chi connectivity index (χ3v) is 5.27. The predicted octanol–water partition coefficient (Wildman–Crippen LogP) is 5.63. The van der Waals surface area contributed by atoms with Gasteiger partial charge < -0.3 is 9.73 Å². The van der Waals surface area contributed by atoms with Crippen molar-refractivity contribution in [3.05, 3.63) is 59.1 Å². The molecule has 3 aromatic rings. The number of amides is 1. The molecule has 0 fully saturated rings. The van der Waals surface area contributed by atoms with Crippen LogP contribution in [0.1, 0.15) is 31.7 Å². The van der Waals surface area contributed by atoms with Gasteiger partial charge in [0.2, 0.25) is 11.8 Å². The lowest BCUT2D eigenvalue weighted by Gasteiger charge is -2.15. The fraction of sp³-hybridized carbons (Fsp3) is 0.250. The lowest BCUT2D eigenvalue weighted by atomic mass is 9.97. The first kappa shape index (κ1) is 19.5. The van der Waals surface area contributed by atoms with Crippen LogP contribution >= 0.6 is 23.4 Å². The van der Waals surface area contributed by atoms with Crippen molar-refractivity contribution in [3.63, 3.8) is 0 Å². The Hall–Kier alpha value is -2.31. The summed E-state index contributed by atoms with van der Waals surface area (Å²) in [7, 11) is 0. The second-order valence-corrected chi connectivity index (χ2v) is 7.48. The number of carbonyl (C=O) groups excluding carboxylic acids is 1. The average Bonchev–Trinajstić information content (AvgIpc) is 3.16. The Kier molecular flexibility index (Phi) is 6.53. The fourth-order valence-electron chi connectivity index (χ4n) is 2.55. The lowest BCUT2D eigenvalue weighted by molar-refractivity contribution is -0.113. The van der Waals surface area contributed by atoms with Crippen molar-refractivity contribution in [1.82, 2.24) is 10.2 Å². The van der Waals surface area contributed by atoms with Gasteiger partial charge in [0.1, 0.15) is 0 Å². The van der Waals surface area contributed by atoms with Crippen LogP contribution in [0.2, 0.25) is 5.02 Å². The number of hydrogen-bond acceptors (Lipinski definition) is 5. The third-order valence-electron chi connectivity index (χ3n) is 4.20.